The summed E-state index contributed by atoms with van der Waals surface area (Å²) in [6.07, 6.45) is 3.02. The molecule has 4 rings (SSSR count). The first kappa shape index (κ1) is 15.0. The van der Waals surface area contributed by atoms with Gasteiger partial charge >= 0.3 is 0 Å². The maximum atomic E-state index is 12.5. The number of anilines is 1. The van der Waals surface area contributed by atoms with Gasteiger partial charge < -0.3 is 0 Å². The largest absolute Gasteiger partial charge is 0.290 e. The third-order valence-electron chi connectivity index (χ3n) is 3.81. The molecule has 1 amide bonds. The van der Waals surface area contributed by atoms with Crippen molar-refractivity contribution in [1.82, 2.24) is 19.5 Å². The van der Waals surface area contributed by atoms with Gasteiger partial charge in [0.25, 0.3) is 5.91 Å². The Morgan fingerprint density at radius 1 is 0.960 bits per heavy atom. The number of aryl methyl sites for hydroxylation is 1. The molecule has 122 valence electrons. The van der Waals surface area contributed by atoms with E-state index in [2.05, 4.69) is 20.3 Å². The lowest BCUT2D eigenvalue weighted by Gasteiger charge is -2.09. The molecule has 0 saturated heterocycles. The van der Waals surface area contributed by atoms with Crippen LogP contribution in [0.4, 0.5) is 5.95 Å². The number of benzene rings is 2. The van der Waals surface area contributed by atoms with Crippen molar-refractivity contribution in [3.05, 3.63) is 78.4 Å². The summed E-state index contributed by atoms with van der Waals surface area (Å²) in [6.45, 7) is 1.82. The molecule has 0 aliphatic carbocycles. The van der Waals surface area contributed by atoms with Crippen molar-refractivity contribution in [3.8, 4) is 5.69 Å². The molecular weight excluding hydrogens is 314 g/mol. The summed E-state index contributed by atoms with van der Waals surface area (Å²) in [5.74, 6) is 0.0970. The van der Waals surface area contributed by atoms with Crippen LogP contribution in [0.2, 0.25) is 0 Å². The first-order chi connectivity index (χ1) is 12.2. The fraction of sp³-hybridized carbons (Fsp3) is 0.0526. The monoisotopic (exact) mass is 329 g/mol. The Labute approximate surface area is 144 Å². The van der Waals surface area contributed by atoms with E-state index in [1.165, 1.54) is 6.20 Å². The van der Waals surface area contributed by atoms with Crippen LogP contribution < -0.4 is 5.32 Å². The molecule has 6 nitrogen and oxygen atoms in total. The number of carbonyl (C=O) groups is 1. The van der Waals surface area contributed by atoms with Crippen LogP contribution in [0.25, 0.3) is 16.7 Å². The zero-order valence-electron chi connectivity index (χ0n) is 13.5. The van der Waals surface area contributed by atoms with Crippen LogP contribution in [0, 0.1) is 6.92 Å². The van der Waals surface area contributed by atoms with Gasteiger partial charge in [-0.25, -0.2) is 9.97 Å². The van der Waals surface area contributed by atoms with Gasteiger partial charge in [-0.15, -0.1) is 0 Å². The van der Waals surface area contributed by atoms with Crippen LogP contribution in [0.1, 0.15) is 16.2 Å². The first-order valence-electron chi connectivity index (χ1n) is 7.85. The lowest BCUT2D eigenvalue weighted by atomic mass is 10.3. The molecule has 0 saturated carbocycles. The van der Waals surface area contributed by atoms with Gasteiger partial charge in [0.1, 0.15) is 5.69 Å². The molecule has 0 radical (unpaired) electrons. The van der Waals surface area contributed by atoms with Crippen LogP contribution in [0.15, 0.2) is 67.0 Å². The summed E-state index contributed by atoms with van der Waals surface area (Å²) < 4.78 is 1.91. The number of nitrogens with zero attached hydrogens (tertiary/aromatic N) is 4. The maximum absolute atomic E-state index is 12.5. The molecule has 0 unspecified atom stereocenters. The van der Waals surface area contributed by atoms with Crippen LogP contribution in [0.3, 0.4) is 0 Å². The van der Waals surface area contributed by atoms with Crippen LogP contribution >= 0.6 is 0 Å². The van der Waals surface area contributed by atoms with Gasteiger partial charge in [-0.05, 0) is 31.2 Å². The van der Waals surface area contributed by atoms with Crippen molar-refractivity contribution in [2.75, 3.05) is 5.32 Å². The topological polar surface area (TPSA) is 72.7 Å². The normalized spacial score (nSPS) is 10.8. The van der Waals surface area contributed by atoms with Gasteiger partial charge in [0.15, 0.2) is 0 Å². The molecular formula is C19H15N5O. The second kappa shape index (κ2) is 6.16. The Kier molecular flexibility index (Phi) is 3.70. The zero-order valence-corrected chi connectivity index (χ0v) is 13.5. The molecule has 0 atom stereocenters. The third-order valence-corrected chi connectivity index (χ3v) is 3.81. The highest BCUT2D eigenvalue weighted by molar-refractivity contribution is 6.02. The number of hydrogen-bond acceptors (Lipinski definition) is 4. The molecule has 0 spiro atoms. The van der Waals surface area contributed by atoms with E-state index in [0.717, 1.165) is 22.4 Å². The molecule has 25 heavy (non-hydrogen) atoms. The van der Waals surface area contributed by atoms with Crippen molar-refractivity contribution in [2.24, 2.45) is 0 Å². The number of fused-ring (bicyclic) bond motifs is 1. The number of hydrogen-bond donors (Lipinski definition) is 1. The number of para-hydroxylation sites is 3. The Morgan fingerprint density at radius 3 is 2.48 bits per heavy atom. The quantitative estimate of drug-likeness (QED) is 0.625. The Hall–Kier alpha value is -3.54. The molecule has 4 aromatic rings. The molecule has 0 fully saturated rings. The average Bonchev–Trinajstić information content (AvgIpc) is 3.00. The SMILES string of the molecule is Cc1cnc(C(=O)Nc2nc3ccccc3n2-c2ccccc2)cn1. The number of carbonyl (C=O) groups excluding carboxylic acids is 1. The van der Waals surface area contributed by atoms with Crippen molar-refractivity contribution in [3.63, 3.8) is 0 Å². The van der Waals surface area contributed by atoms with E-state index >= 15 is 0 Å². The third kappa shape index (κ3) is 2.85. The summed E-state index contributed by atoms with van der Waals surface area (Å²) in [5.41, 5.74) is 3.64. The van der Waals surface area contributed by atoms with Crippen LogP contribution in [-0.4, -0.2) is 25.4 Å². The fourth-order valence-electron chi connectivity index (χ4n) is 2.62. The molecule has 6 heteroatoms. The summed E-state index contributed by atoms with van der Waals surface area (Å²) in [6, 6.07) is 17.5. The second-order valence-electron chi connectivity index (χ2n) is 5.59. The van der Waals surface area contributed by atoms with E-state index in [1.807, 2.05) is 66.1 Å². The van der Waals surface area contributed by atoms with Gasteiger partial charge in [-0.2, -0.15) is 0 Å². The Bertz CT molecular complexity index is 1040. The van der Waals surface area contributed by atoms with Gasteiger partial charge in [0, 0.05) is 11.9 Å². The van der Waals surface area contributed by atoms with Crippen molar-refractivity contribution in [2.45, 2.75) is 6.92 Å². The maximum Gasteiger partial charge on any atom is 0.278 e. The van der Waals surface area contributed by atoms with E-state index in [0.29, 0.717) is 5.95 Å². The van der Waals surface area contributed by atoms with Crippen molar-refractivity contribution in [1.29, 1.82) is 0 Å². The number of aromatic nitrogens is 4. The van der Waals surface area contributed by atoms with E-state index < -0.39 is 0 Å². The van der Waals surface area contributed by atoms with E-state index in [1.54, 1.807) is 6.20 Å². The van der Waals surface area contributed by atoms with Crippen LogP contribution in [0.5, 0.6) is 0 Å². The highest BCUT2D eigenvalue weighted by Gasteiger charge is 2.16. The minimum Gasteiger partial charge on any atom is -0.290 e. The van der Waals surface area contributed by atoms with Gasteiger partial charge in [-0.3, -0.25) is 19.7 Å². The summed E-state index contributed by atoms with van der Waals surface area (Å²) in [5, 5.41) is 2.84. The van der Waals surface area contributed by atoms with Gasteiger partial charge in [-0.1, -0.05) is 30.3 Å². The van der Waals surface area contributed by atoms with E-state index in [-0.39, 0.29) is 11.6 Å². The molecule has 0 aliphatic heterocycles. The summed E-state index contributed by atoms with van der Waals surface area (Å²) in [4.78, 5) is 25.3. The Morgan fingerprint density at radius 2 is 1.72 bits per heavy atom. The molecule has 1 N–H and O–H groups in total. The summed E-state index contributed by atoms with van der Waals surface area (Å²) >= 11 is 0. The molecule has 0 bridgehead atoms. The van der Waals surface area contributed by atoms with Crippen molar-refractivity contribution < 1.29 is 4.79 Å². The minimum atomic E-state index is -0.347. The summed E-state index contributed by atoms with van der Waals surface area (Å²) in [7, 11) is 0. The molecule has 0 aliphatic rings. The number of amides is 1. The molecule has 2 aromatic carbocycles. The van der Waals surface area contributed by atoms with Crippen molar-refractivity contribution >= 4 is 22.9 Å². The average molecular weight is 329 g/mol. The number of rotatable bonds is 3. The minimum absolute atomic E-state index is 0.247. The smallest absolute Gasteiger partial charge is 0.278 e. The highest BCUT2D eigenvalue weighted by atomic mass is 16.2. The van der Waals surface area contributed by atoms with Crippen LogP contribution in [-0.2, 0) is 0 Å². The van der Waals surface area contributed by atoms with E-state index in [4.69, 9.17) is 0 Å². The van der Waals surface area contributed by atoms with Gasteiger partial charge in [0.05, 0.1) is 22.9 Å². The predicted molar refractivity (Wildman–Crippen MR) is 95.8 cm³/mol. The zero-order chi connectivity index (χ0) is 17.2. The molecule has 2 aromatic heterocycles. The number of nitrogens with one attached hydrogen (secondary N) is 1. The fourth-order valence-corrected chi connectivity index (χ4v) is 2.62. The highest BCUT2D eigenvalue weighted by Crippen LogP contribution is 2.24. The van der Waals surface area contributed by atoms with Gasteiger partial charge in [0.2, 0.25) is 5.95 Å². The lowest BCUT2D eigenvalue weighted by molar-refractivity contribution is 0.102. The van der Waals surface area contributed by atoms with E-state index in [9.17, 15) is 4.79 Å². The Balaban J connectivity index is 1.79. The lowest BCUT2D eigenvalue weighted by Crippen LogP contribution is -2.17. The first-order valence-corrected chi connectivity index (χ1v) is 7.85. The molecule has 2 heterocycles. The second-order valence-corrected chi connectivity index (χ2v) is 5.59. The standard InChI is InChI=1S/C19H15N5O/c1-13-11-21-16(12-20-13)18(25)23-19-22-15-9-5-6-10-17(15)24(19)14-7-3-2-4-8-14/h2-12H,1H3,(H,22,23,25). The number of imidazole rings is 1. The predicted octanol–water partition coefficient (Wildman–Crippen LogP) is 3.38.